The molecule has 7 heteroatoms. The highest BCUT2D eigenvalue weighted by Gasteiger charge is 2.20. The van der Waals surface area contributed by atoms with E-state index in [0.717, 1.165) is 18.2 Å². The van der Waals surface area contributed by atoms with Gasteiger partial charge in [0.25, 0.3) is 10.0 Å². The molecule has 0 bridgehead atoms. The van der Waals surface area contributed by atoms with Crippen LogP contribution in [0.1, 0.15) is 5.56 Å². The number of hydrogen-bond acceptors (Lipinski definition) is 2. The van der Waals surface area contributed by atoms with E-state index in [9.17, 15) is 17.2 Å². The first-order chi connectivity index (χ1) is 9.29. The maximum atomic E-state index is 13.6. The lowest BCUT2D eigenvalue weighted by atomic mass is 10.2. The van der Waals surface area contributed by atoms with Gasteiger partial charge < -0.3 is 0 Å². The highest BCUT2D eigenvalue weighted by atomic mass is 35.5. The van der Waals surface area contributed by atoms with Crippen molar-refractivity contribution in [2.24, 2.45) is 0 Å². The number of sulfonamides is 1. The van der Waals surface area contributed by atoms with Gasteiger partial charge in [-0.3, -0.25) is 4.72 Å². The minimum absolute atomic E-state index is 0.198. The molecule has 1 N–H and O–H groups in total. The fraction of sp³-hybridized carbons (Fsp3) is 0.0769. The second-order valence-electron chi connectivity index (χ2n) is 4.16. The topological polar surface area (TPSA) is 46.2 Å². The van der Waals surface area contributed by atoms with E-state index in [1.807, 2.05) is 0 Å². The smallest absolute Gasteiger partial charge is 0.263 e. The monoisotopic (exact) mass is 317 g/mol. The molecule has 2 aromatic carbocycles. The molecule has 0 aliphatic rings. The van der Waals surface area contributed by atoms with Crippen molar-refractivity contribution < 1.29 is 17.2 Å². The van der Waals surface area contributed by atoms with Gasteiger partial charge in [-0.25, -0.2) is 17.2 Å². The minimum Gasteiger partial charge on any atom is -0.277 e. The van der Waals surface area contributed by atoms with Crippen LogP contribution in [0.5, 0.6) is 0 Å². The van der Waals surface area contributed by atoms with Gasteiger partial charge in [-0.1, -0.05) is 17.7 Å². The van der Waals surface area contributed by atoms with E-state index in [1.165, 1.54) is 12.1 Å². The number of nitrogens with one attached hydrogen (secondary N) is 1. The van der Waals surface area contributed by atoms with E-state index in [4.69, 9.17) is 11.6 Å². The highest BCUT2D eigenvalue weighted by molar-refractivity contribution is 7.92. The van der Waals surface area contributed by atoms with Crippen molar-refractivity contribution in [3.63, 3.8) is 0 Å². The summed E-state index contributed by atoms with van der Waals surface area (Å²) < 4.78 is 52.8. The van der Waals surface area contributed by atoms with Crippen LogP contribution in [-0.4, -0.2) is 8.42 Å². The molecule has 0 saturated carbocycles. The summed E-state index contributed by atoms with van der Waals surface area (Å²) >= 11 is 5.69. The summed E-state index contributed by atoms with van der Waals surface area (Å²) in [5, 5.41) is -0.273. The van der Waals surface area contributed by atoms with Gasteiger partial charge in [0.15, 0.2) is 0 Å². The Kier molecular flexibility index (Phi) is 3.96. The number of halogens is 3. The van der Waals surface area contributed by atoms with Crippen LogP contribution < -0.4 is 4.72 Å². The molecule has 0 unspecified atom stereocenters. The van der Waals surface area contributed by atoms with Crippen LogP contribution in [0.15, 0.2) is 41.3 Å². The molecule has 0 aliphatic heterocycles. The first kappa shape index (κ1) is 14.7. The lowest BCUT2D eigenvalue weighted by Crippen LogP contribution is -2.14. The first-order valence-electron chi connectivity index (χ1n) is 5.53. The largest absolute Gasteiger partial charge is 0.277 e. The fourth-order valence-corrected chi connectivity index (χ4v) is 3.20. The van der Waals surface area contributed by atoms with Crippen molar-refractivity contribution in [1.29, 1.82) is 0 Å². The third-order valence-corrected chi connectivity index (χ3v) is 4.40. The van der Waals surface area contributed by atoms with Crippen LogP contribution in [-0.2, 0) is 10.0 Å². The fourth-order valence-electron chi connectivity index (χ4n) is 1.60. The molecule has 20 heavy (non-hydrogen) atoms. The lowest BCUT2D eigenvalue weighted by Gasteiger charge is -2.10. The molecule has 3 nitrogen and oxygen atoms in total. The minimum atomic E-state index is -4.08. The average Bonchev–Trinajstić information content (AvgIpc) is 2.32. The van der Waals surface area contributed by atoms with Crippen molar-refractivity contribution in [2.75, 3.05) is 4.72 Å². The van der Waals surface area contributed by atoms with Crippen molar-refractivity contribution in [1.82, 2.24) is 0 Å². The van der Waals surface area contributed by atoms with Gasteiger partial charge in [0.2, 0.25) is 0 Å². The van der Waals surface area contributed by atoms with E-state index in [0.29, 0.717) is 5.56 Å². The van der Waals surface area contributed by atoms with Crippen LogP contribution in [0.2, 0.25) is 5.02 Å². The zero-order chi connectivity index (χ0) is 14.9. The average molecular weight is 318 g/mol. The Bertz CT molecular complexity index is 763. The third kappa shape index (κ3) is 3.08. The predicted molar refractivity (Wildman–Crippen MR) is 73.4 cm³/mol. The van der Waals surface area contributed by atoms with Gasteiger partial charge in [-0.2, -0.15) is 0 Å². The maximum absolute atomic E-state index is 13.6. The normalized spacial score (nSPS) is 11.4. The Labute approximate surface area is 120 Å². The summed E-state index contributed by atoms with van der Waals surface area (Å²) in [6, 6.07) is 6.93. The van der Waals surface area contributed by atoms with Crippen LogP contribution in [0.4, 0.5) is 14.5 Å². The zero-order valence-corrected chi connectivity index (χ0v) is 11.9. The number of benzene rings is 2. The van der Waals surface area contributed by atoms with Gasteiger partial charge in [-0.15, -0.1) is 0 Å². The van der Waals surface area contributed by atoms with Crippen molar-refractivity contribution >= 4 is 27.3 Å². The molecule has 0 aliphatic carbocycles. The number of anilines is 1. The van der Waals surface area contributed by atoms with Crippen LogP contribution in [0.25, 0.3) is 0 Å². The van der Waals surface area contributed by atoms with Gasteiger partial charge in [-0.05, 0) is 42.8 Å². The van der Waals surface area contributed by atoms with E-state index < -0.39 is 21.7 Å². The molecule has 2 aromatic rings. The Morgan fingerprint density at radius 2 is 1.80 bits per heavy atom. The quantitative estimate of drug-likeness (QED) is 0.937. The zero-order valence-electron chi connectivity index (χ0n) is 10.3. The Balaban J connectivity index is 2.41. The molecule has 2 rings (SSSR count). The van der Waals surface area contributed by atoms with E-state index in [1.54, 1.807) is 13.0 Å². The second kappa shape index (κ2) is 5.38. The maximum Gasteiger partial charge on any atom is 0.263 e. The number of aryl methyl sites for hydroxylation is 1. The molecule has 0 heterocycles. The molecule has 0 spiro atoms. The van der Waals surface area contributed by atoms with Gasteiger partial charge in [0.1, 0.15) is 16.5 Å². The summed E-state index contributed by atoms with van der Waals surface area (Å²) in [4.78, 5) is -0.319. The van der Waals surface area contributed by atoms with E-state index >= 15 is 0 Å². The van der Waals surface area contributed by atoms with Crippen LogP contribution >= 0.6 is 11.6 Å². The summed E-state index contributed by atoms with van der Waals surface area (Å²) in [5.41, 5.74) is 0.459. The Morgan fingerprint density at radius 1 is 1.10 bits per heavy atom. The second-order valence-corrected chi connectivity index (χ2v) is 6.22. The van der Waals surface area contributed by atoms with Crippen molar-refractivity contribution in [3.05, 3.63) is 58.6 Å². The third-order valence-electron chi connectivity index (χ3n) is 2.55. The lowest BCUT2D eigenvalue weighted by molar-refractivity contribution is 0.597. The van der Waals surface area contributed by atoms with Crippen LogP contribution in [0, 0.1) is 18.6 Å². The predicted octanol–water partition coefficient (Wildman–Crippen LogP) is 3.73. The van der Waals surface area contributed by atoms with E-state index in [-0.39, 0.29) is 15.6 Å². The Hall–Kier alpha value is -1.66. The summed E-state index contributed by atoms with van der Waals surface area (Å²) in [6.07, 6.45) is 0. The SMILES string of the molecule is Cc1ccc(NS(=O)(=O)c2ccc(F)cc2Cl)c(F)c1. The van der Waals surface area contributed by atoms with Crippen molar-refractivity contribution in [3.8, 4) is 0 Å². The van der Waals surface area contributed by atoms with Gasteiger partial charge in [0.05, 0.1) is 10.7 Å². The molecule has 0 radical (unpaired) electrons. The molecule has 0 amide bonds. The summed E-state index contributed by atoms with van der Waals surface area (Å²) in [6.45, 7) is 1.68. The summed E-state index contributed by atoms with van der Waals surface area (Å²) in [5.74, 6) is -1.36. The van der Waals surface area contributed by atoms with Gasteiger partial charge in [0, 0.05) is 0 Å². The molecular weight excluding hydrogens is 308 g/mol. The molecule has 0 fully saturated rings. The van der Waals surface area contributed by atoms with Crippen LogP contribution in [0.3, 0.4) is 0 Å². The highest BCUT2D eigenvalue weighted by Crippen LogP contribution is 2.25. The van der Waals surface area contributed by atoms with Crippen molar-refractivity contribution in [2.45, 2.75) is 11.8 Å². The molecule has 0 atom stereocenters. The molecule has 0 aromatic heterocycles. The number of rotatable bonds is 3. The Morgan fingerprint density at radius 3 is 2.40 bits per heavy atom. The van der Waals surface area contributed by atoms with Gasteiger partial charge >= 0.3 is 0 Å². The standard InChI is InChI=1S/C13H10ClF2NO2S/c1-8-2-4-12(11(16)6-8)17-20(18,19)13-5-3-9(15)7-10(13)14/h2-7,17H,1H3. The van der Waals surface area contributed by atoms with E-state index in [2.05, 4.69) is 4.72 Å². The summed E-state index contributed by atoms with van der Waals surface area (Å²) in [7, 11) is -4.08. The molecule has 0 saturated heterocycles. The first-order valence-corrected chi connectivity index (χ1v) is 7.40. The molecule has 106 valence electrons. The number of hydrogen-bond donors (Lipinski definition) is 1. The molecular formula is C13H10ClF2NO2S.